The van der Waals surface area contributed by atoms with E-state index in [1.54, 1.807) is 4.84 Å². The number of hydrogen-bond acceptors (Lipinski definition) is 6. The van der Waals surface area contributed by atoms with Crippen LogP contribution in [0.4, 0.5) is 0 Å². The van der Waals surface area contributed by atoms with Crippen LogP contribution in [0.3, 0.4) is 0 Å². The lowest BCUT2D eigenvalue weighted by molar-refractivity contribution is -0.204. The molecule has 1 N–H and O–H groups in total. The summed E-state index contributed by atoms with van der Waals surface area (Å²) in [7, 11) is 0. The van der Waals surface area contributed by atoms with Gasteiger partial charge < -0.3 is 14.2 Å². The molecule has 1 saturated heterocycles. The molecule has 12 heteroatoms. The molecule has 1 heterocycles. The van der Waals surface area contributed by atoms with Crippen molar-refractivity contribution in [2.75, 3.05) is 5.88 Å². The molecule has 1 aliphatic heterocycles. The van der Waals surface area contributed by atoms with Gasteiger partial charge in [0.05, 0.1) is 12.0 Å². The summed E-state index contributed by atoms with van der Waals surface area (Å²) in [5.41, 5.74) is 0. The number of esters is 2. The highest BCUT2D eigenvalue weighted by Gasteiger charge is 2.58. The van der Waals surface area contributed by atoms with Gasteiger partial charge in [0.15, 0.2) is 12.2 Å². The Kier molecular flexibility index (Phi) is 8.16. The lowest BCUT2D eigenvalue weighted by Gasteiger charge is -2.45. The first-order valence-corrected chi connectivity index (χ1v) is 8.65. The predicted molar refractivity (Wildman–Crippen MR) is 88.6 cm³/mol. The van der Waals surface area contributed by atoms with Crippen molar-refractivity contribution in [1.82, 2.24) is 4.84 Å². The second-order valence-corrected chi connectivity index (χ2v) is 7.28. The topological polar surface area (TPSA) is 90.9 Å². The Bertz CT molecular complexity index is 504. The minimum absolute atomic E-state index is 0.123. The summed E-state index contributed by atoms with van der Waals surface area (Å²) in [6.45, 7) is 2.24. The van der Waals surface area contributed by atoms with Crippen molar-refractivity contribution in [2.45, 2.75) is 48.0 Å². The molecule has 1 amide bonds. The van der Waals surface area contributed by atoms with Gasteiger partial charge in [-0.05, 0) is 0 Å². The van der Waals surface area contributed by atoms with E-state index in [-0.39, 0.29) is 5.88 Å². The van der Waals surface area contributed by atoms with Gasteiger partial charge in [0, 0.05) is 25.6 Å². The maximum Gasteiger partial charge on any atom is 0.303 e. The van der Waals surface area contributed by atoms with Gasteiger partial charge in [-0.1, -0.05) is 23.2 Å². The standard InChI is InChI=1S/C12H14Cl5NO6/c1-4(19)22-8-7(14)6(3-13)24-10(9(8)23-5(2)20)12(15,16)11(21)18-17/h6-10H,3H2,1-2H3,(H,18,21)/t6-,7-,8+,9-,10+/m1/s1. The molecule has 0 aliphatic carbocycles. The number of amides is 1. The highest BCUT2D eigenvalue weighted by atomic mass is 35.5. The number of alkyl halides is 4. The quantitative estimate of drug-likeness (QED) is 0.395. The SMILES string of the molecule is CC(=O)O[C@@H]1[C@@H](OC(C)=O)[C@H](Cl)[C@@H](CCl)O[C@@H]1C(Cl)(Cl)C(=O)NCl. The predicted octanol–water partition coefficient (Wildman–Crippen LogP) is 1.91. The number of carbonyl (C=O) groups is 3. The Morgan fingerprint density at radius 3 is 2.04 bits per heavy atom. The maximum absolute atomic E-state index is 11.9. The zero-order valence-corrected chi connectivity index (χ0v) is 16.2. The van der Waals surface area contributed by atoms with Crippen molar-refractivity contribution >= 4 is 76.0 Å². The maximum atomic E-state index is 11.9. The average Bonchev–Trinajstić information content (AvgIpc) is 2.49. The van der Waals surface area contributed by atoms with E-state index in [0.717, 1.165) is 13.8 Å². The van der Waals surface area contributed by atoms with Gasteiger partial charge in [0.25, 0.3) is 5.91 Å². The number of nitrogens with one attached hydrogen (secondary N) is 1. The highest BCUT2D eigenvalue weighted by Crippen LogP contribution is 2.40. The van der Waals surface area contributed by atoms with Crippen molar-refractivity contribution in [3.05, 3.63) is 0 Å². The molecule has 0 aromatic heterocycles. The molecule has 138 valence electrons. The third-order valence-electron chi connectivity index (χ3n) is 3.11. The van der Waals surface area contributed by atoms with E-state index in [9.17, 15) is 14.4 Å². The summed E-state index contributed by atoms with van der Waals surface area (Å²) in [6, 6.07) is 0. The van der Waals surface area contributed by atoms with Crippen molar-refractivity contribution in [2.24, 2.45) is 0 Å². The van der Waals surface area contributed by atoms with E-state index in [1.807, 2.05) is 0 Å². The van der Waals surface area contributed by atoms with Crippen molar-refractivity contribution in [3.8, 4) is 0 Å². The Labute approximate surface area is 163 Å². The Morgan fingerprint density at radius 1 is 1.12 bits per heavy atom. The molecule has 0 bridgehead atoms. The number of hydrogen-bond donors (Lipinski definition) is 1. The molecule has 1 rings (SSSR count). The fourth-order valence-corrected chi connectivity index (χ4v) is 3.55. The van der Waals surface area contributed by atoms with E-state index < -0.39 is 52.0 Å². The van der Waals surface area contributed by atoms with Crippen LogP contribution in [0.5, 0.6) is 0 Å². The van der Waals surface area contributed by atoms with Gasteiger partial charge in [0.1, 0.15) is 11.5 Å². The molecule has 7 nitrogen and oxygen atoms in total. The van der Waals surface area contributed by atoms with Gasteiger partial charge in [0.2, 0.25) is 4.33 Å². The second-order valence-electron chi connectivity index (χ2n) is 4.89. The molecule has 24 heavy (non-hydrogen) atoms. The van der Waals surface area contributed by atoms with Gasteiger partial charge >= 0.3 is 11.9 Å². The zero-order valence-electron chi connectivity index (χ0n) is 12.4. The molecule has 0 aromatic rings. The first-order chi connectivity index (χ1) is 11.1. The van der Waals surface area contributed by atoms with Crippen molar-refractivity contribution in [3.63, 3.8) is 0 Å². The second kappa shape index (κ2) is 8.96. The summed E-state index contributed by atoms with van der Waals surface area (Å²) < 4.78 is 13.5. The molecule has 1 fully saturated rings. The van der Waals surface area contributed by atoms with Crippen LogP contribution in [0.25, 0.3) is 0 Å². The molecular formula is C12H14Cl5NO6. The van der Waals surface area contributed by atoms with E-state index >= 15 is 0 Å². The fourth-order valence-electron chi connectivity index (χ4n) is 2.16. The minimum Gasteiger partial charge on any atom is -0.457 e. The average molecular weight is 446 g/mol. The van der Waals surface area contributed by atoms with Crippen molar-refractivity contribution in [1.29, 1.82) is 0 Å². The molecule has 0 radical (unpaired) electrons. The minimum atomic E-state index is -2.28. The van der Waals surface area contributed by atoms with Crippen LogP contribution >= 0.6 is 58.2 Å². The molecule has 1 aliphatic rings. The van der Waals surface area contributed by atoms with Crippen LogP contribution in [0.2, 0.25) is 0 Å². The number of halogens is 5. The Balaban J connectivity index is 3.31. The summed E-state index contributed by atoms with van der Waals surface area (Å²) in [5.74, 6) is -2.61. The first kappa shape index (κ1) is 21.9. The zero-order chi connectivity index (χ0) is 18.7. The lowest BCUT2D eigenvalue weighted by atomic mass is 9.94. The third kappa shape index (κ3) is 4.93. The van der Waals surface area contributed by atoms with Crippen LogP contribution < -0.4 is 4.84 Å². The summed E-state index contributed by atoms with van der Waals surface area (Å²) >= 11 is 29.3. The van der Waals surface area contributed by atoms with Crippen LogP contribution in [0.15, 0.2) is 0 Å². The fraction of sp³-hybridized carbons (Fsp3) is 0.750. The normalized spacial score (nSPS) is 30.4. The molecular weight excluding hydrogens is 431 g/mol. The Morgan fingerprint density at radius 2 is 1.62 bits per heavy atom. The summed E-state index contributed by atoms with van der Waals surface area (Å²) in [5, 5.41) is -0.977. The largest absolute Gasteiger partial charge is 0.457 e. The monoisotopic (exact) mass is 443 g/mol. The summed E-state index contributed by atoms with van der Waals surface area (Å²) in [4.78, 5) is 36.4. The first-order valence-electron chi connectivity index (χ1n) is 6.55. The number of rotatable bonds is 5. The van der Waals surface area contributed by atoms with Gasteiger partial charge in [-0.2, -0.15) is 0 Å². The molecule has 0 unspecified atom stereocenters. The third-order valence-corrected chi connectivity index (χ3v) is 4.89. The molecule has 0 spiro atoms. The van der Waals surface area contributed by atoms with E-state index in [0.29, 0.717) is 0 Å². The van der Waals surface area contributed by atoms with E-state index in [1.165, 1.54) is 0 Å². The van der Waals surface area contributed by atoms with Crippen LogP contribution in [-0.2, 0) is 28.6 Å². The Hall–Kier alpha value is -0.180. The number of carbonyl (C=O) groups excluding carboxylic acids is 3. The van der Waals surface area contributed by atoms with Crippen LogP contribution in [0.1, 0.15) is 13.8 Å². The molecule has 0 aromatic carbocycles. The van der Waals surface area contributed by atoms with Crippen molar-refractivity contribution < 1.29 is 28.6 Å². The summed E-state index contributed by atoms with van der Waals surface area (Å²) in [6.07, 6.45) is -4.91. The van der Waals surface area contributed by atoms with E-state index in [2.05, 4.69) is 0 Å². The smallest absolute Gasteiger partial charge is 0.303 e. The van der Waals surface area contributed by atoms with Gasteiger partial charge in [-0.25, -0.2) is 0 Å². The van der Waals surface area contributed by atoms with Crippen LogP contribution in [0, 0.1) is 0 Å². The van der Waals surface area contributed by atoms with E-state index in [4.69, 9.17) is 72.4 Å². The van der Waals surface area contributed by atoms with Gasteiger partial charge in [-0.3, -0.25) is 19.2 Å². The van der Waals surface area contributed by atoms with Gasteiger partial charge in [-0.15, -0.1) is 23.2 Å². The molecule has 0 saturated carbocycles. The number of ether oxygens (including phenoxy) is 3. The highest BCUT2D eigenvalue weighted by molar-refractivity contribution is 6.59. The molecule has 5 atom stereocenters. The lowest BCUT2D eigenvalue weighted by Crippen LogP contribution is -2.65. The van der Waals surface area contributed by atoms with Crippen LogP contribution in [-0.4, -0.2) is 57.9 Å².